The lowest BCUT2D eigenvalue weighted by molar-refractivity contribution is -0.157. The number of amides is 1. The van der Waals surface area contributed by atoms with E-state index in [0.717, 1.165) is 6.92 Å². The van der Waals surface area contributed by atoms with Gasteiger partial charge in [-0.1, -0.05) is 0 Å². The van der Waals surface area contributed by atoms with Gasteiger partial charge in [0.15, 0.2) is 6.10 Å². The second-order valence-corrected chi connectivity index (χ2v) is 7.06. The summed E-state index contributed by atoms with van der Waals surface area (Å²) >= 11 is 0. The SMILES string of the molecule is COc1ccc(S(=O)(=O)NCCC(=O)OC(C)C(=O)NCC(F)(F)F)cc1. The molecular formula is C15H19F3N2O6S. The second kappa shape index (κ2) is 9.55. The van der Waals surface area contributed by atoms with Crippen molar-refractivity contribution in [3.63, 3.8) is 0 Å². The maximum absolute atomic E-state index is 12.0. The molecule has 1 atom stereocenters. The molecule has 0 aliphatic heterocycles. The summed E-state index contributed by atoms with van der Waals surface area (Å²) in [6.07, 6.45) is -6.44. The van der Waals surface area contributed by atoms with Gasteiger partial charge in [-0.2, -0.15) is 13.2 Å². The van der Waals surface area contributed by atoms with Crippen LogP contribution < -0.4 is 14.8 Å². The van der Waals surface area contributed by atoms with Gasteiger partial charge in [0, 0.05) is 6.54 Å². The summed E-state index contributed by atoms with van der Waals surface area (Å²) in [5.41, 5.74) is 0. The molecule has 0 aliphatic rings. The van der Waals surface area contributed by atoms with Gasteiger partial charge in [0.25, 0.3) is 5.91 Å². The number of hydrogen-bond acceptors (Lipinski definition) is 6. The Kier molecular flexibility index (Phi) is 8.03. The molecule has 0 heterocycles. The van der Waals surface area contributed by atoms with E-state index in [0.29, 0.717) is 5.75 Å². The molecule has 0 bridgehead atoms. The molecule has 1 aromatic rings. The standard InChI is InChI=1S/C15H19F3N2O6S/c1-10(14(22)19-9-15(16,17)18)26-13(21)7-8-20-27(23,24)12-5-3-11(25-2)4-6-12/h3-6,10,20H,7-9H2,1-2H3,(H,19,22). The van der Waals surface area contributed by atoms with Gasteiger partial charge in [0.05, 0.1) is 18.4 Å². The Bertz CT molecular complexity index is 750. The highest BCUT2D eigenvalue weighted by molar-refractivity contribution is 7.89. The third-order valence-electron chi connectivity index (χ3n) is 3.13. The molecule has 0 radical (unpaired) electrons. The number of carbonyl (C=O) groups excluding carboxylic acids is 2. The van der Waals surface area contributed by atoms with E-state index in [1.165, 1.54) is 31.4 Å². The van der Waals surface area contributed by atoms with E-state index < -0.39 is 47.1 Å². The Morgan fingerprint density at radius 1 is 1.19 bits per heavy atom. The minimum Gasteiger partial charge on any atom is -0.497 e. The van der Waals surface area contributed by atoms with Crippen LogP contribution >= 0.6 is 0 Å². The molecular weight excluding hydrogens is 393 g/mol. The van der Waals surface area contributed by atoms with Crippen molar-refractivity contribution in [2.45, 2.75) is 30.5 Å². The lowest BCUT2D eigenvalue weighted by Crippen LogP contribution is -2.41. The minimum atomic E-state index is -4.58. The maximum Gasteiger partial charge on any atom is 0.405 e. The zero-order valence-corrected chi connectivity index (χ0v) is 15.3. The molecule has 12 heteroatoms. The topological polar surface area (TPSA) is 111 Å². The van der Waals surface area contributed by atoms with Crippen LogP contribution in [0.5, 0.6) is 5.75 Å². The number of halogens is 3. The van der Waals surface area contributed by atoms with E-state index in [-0.39, 0.29) is 11.4 Å². The van der Waals surface area contributed by atoms with Crippen molar-refractivity contribution in [2.75, 3.05) is 20.2 Å². The normalized spacial score (nSPS) is 12.9. The number of rotatable bonds is 9. The van der Waals surface area contributed by atoms with Gasteiger partial charge < -0.3 is 14.8 Å². The van der Waals surface area contributed by atoms with E-state index in [4.69, 9.17) is 4.74 Å². The average molecular weight is 412 g/mol. The fraction of sp³-hybridized carbons (Fsp3) is 0.467. The number of ether oxygens (including phenoxy) is 2. The molecule has 152 valence electrons. The Hall–Kier alpha value is -2.34. The molecule has 1 aromatic carbocycles. The summed E-state index contributed by atoms with van der Waals surface area (Å²) in [6, 6.07) is 5.52. The van der Waals surface area contributed by atoms with Crippen LogP contribution in [-0.4, -0.2) is 52.8 Å². The molecule has 1 rings (SSSR count). The van der Waals surface area contributed by atoms with Crippen LogP contribution in [0.25, 0.3) is 0 Å². The summed E-state index contributed by atoms with van der Waals surface area (Å²) in [4.78, 5) is 22.9. The Morgan fingerprint density at radius 2 is 1.78 bits per heavy atom. The highest BCUT2D eigenvalue weighted by Crippen LogP contribution is 2.15. The van der Waals surface area contributed by atoms with Gasteiger partial charge in [-0.25, -0.2) is 13.1 Å². The molecule has 8 nitrogen and oxygen atoms in total. The van der Waals surface area contributed by atoms with Crippen LogP contribution in [0.3, 0.4) is 0 Å². The van der Waals surface area contributed by atoms with Gasteiger partial charge >= 0.3 is 12.1 Å². The molecule has 0 aliphatic carbocycles. The number of nitrogens with one attached hydrogen (secondary N) is 2. The van der Waals surface area contributed by atoms with E-state index in [1.807, 2.05) is 0 Å². The van der Waals surface area contributed by atoms with Crippen molar-refractivity contribution in [3.8, 4) is 5.75 Å². The first-order valence-corrected chi connectivity index (χ1v) is 9.10. The summed E-state index contributed by atoms with van der Waals surface area (Å²) in [7, 11) is -2.44. The fourth-order valence-corrected chi connectivity index (χ4v) is 2.80. The maximum atomic E-state index is 12.0. The monoisotopic (exact) mass is 412 g/mol. The lowest BCUT2D eigenvalue weighted by atomic mass is 10.3. The third-order valence-corrected chi connectivity index (χ3v) is 4.61. The molecule has 2 N–H and O–H groups in total. The first kappa shape index (κ1) is 22.7. The lowest BCUT2D eigenvalue weighted by Gasteiger charge is -2.14. The van der Waals surface area contributed by atoms with E-state index in [1.54, 1.807) is 5.32 Å². The minimum absolute atomic E-state index is 0.0448. The van der Waals surface area contributed by atoms with Gasteiger partial charge in [-0.15, -0.1) is 0 Å². The van der Waals surface area contributed by atoms with E-state index in [2.05, 4.69) is 9.46 Å². The van der Waals surface area contributed by atoms with Gasteiger partial charge in [-0.3, -0.25) is 9.59 Å². The van der Waals surface area contributed by atoms with E-state index in [9.17, 15) is 31.2 Å². The van der Waals surface area contributed by atoms with Crippen molar-refractivity contribution >= 4 is 21.9 Å². The summed E-state index contributed by atoms with van der Waals surface area (Å²) < 4.78 is 71.9. The van der Waals surface area contributed by atoms with Crippen molar-refractivity contribution in [2.24, 2.45) is 0 Å². The molecule has 0 fully saturated rings. The Labute approximate surface area is 154 Å². The summed E-state index contributed by atoms with van der Waals surface area (Å²) in [5, 5.41) is 1.58. The van der Waals surface area contributed by atoms with Gasteiger partial charge in [-0.05, 0) is 31.2 Å². The highest BCUT2D eigenvalue weighted by Gasteiger charge is 2.29. The van der Waals surface area contributed by atoms with Crippen LogP contribution in [0.15, 0.2) is 29.2 Å². The zero-order valence-electron chi connectivity index (χ0n) is 14.5. The number of alkyl halides is 3. The number of benzene rings is 1. The molecule has 27 heavy (non-hydrogen) atoms. The molecule has 0 saturated carbocycles. The van der Waals surface area contributed by atoms with Crippen molar-refractivity contribution < 1.29 is 40.7 Å². The molecule has 1 unspecified atom stereocenters. The number of esters is 1. The number of carbonyl (C=O) groups is 2. The number of sulfonamides is 1. The van der Waals surface area contributed by atoms with Crippen LogP contribution in [0.4, 0.5) is 13.2 Å². The Balaban J connectivity index is 2.44. The number of hydrogen-bond donors (Lipinski definition) is 2. The highest BCUT2D eigenvalue weighted by atomic mass is 32.2. The van der Waals surface area contributed by atoms with Crippen LogP contribution in [0, 0.1) is 0 Å². The third kappa shape index (κ3) is 8.26. The molecule has 0 aromatic heterocycles. The predicted molar refractivity (Wildman–Crippen MR) is 87.4 cm³/mol. The summed E-state index contributed by atoms with van der Waals surface area (Å²) in [6.45, 7) is -0.759. The van der Waals surface area contributed by atoms with Crippen LogP contribution in [0.2, 0.25) is 0 Å². The number of methoxy groups -OCH3 is 1. The predicted octanol–water partition coefficient (Wildman–Crippen LogP) is 0.974. The van der Waals surface area contributed by atoms with Crippen molar-refractivity contribution in [1.82, 2.24) is 10.0 Å². The van der Waals surface area contributed by atoms with E-state index >= 15 is 0 Å². The fourth-order valence-electron chi connectivity index (χ4n) is 1.77. The van der Waals surface area contributed by atoms with Gasteiger partial charge in [0.1, 0.15) is 12.3 Å². The van der Waals surface area contributed by atoms with Gasteiger partial charge in [0.2, 0.25) is 10.0 Å². The molecule has 0 spiro atoms. The average Bonchev–Trinajstić information content (AvgIpc) is 2.58. The van der Waals surface area contributed by atoms with Crippen LogP contribution in [-0.2, 0) is 24.3 Å². The Morgan fingerprint density at radius 3 is 2.30 bits per heavy atom. The van der Waals surface area contributed by atoms with Crippen molar-refractivity contribution in [3.05, 3.63) is 24.3 Å². The van der Waals surface area contributed by atoms with Crippen LogP contribution in [0.1, 0.15) is 13.3 Å². The smallest absolute Gasteiger partial charge is 0.405 e. The zero-order chi connectivity index (χ0) is 20.7. The molecule has 1 amide bonds. The first-order chi connectivity index (χ1) is 12.4. The largest absolute Gasteiger partial charge is 0.497 e. The van der Waals surface area contributed by atoms with Crippen molar-refractivity contribution in [1.29, 1.82) is 0 Å². The summed E-state index contributed by atoms with van der Waals surface area (Å²) in [5.74, 6) is -1.59. The first-order valence-electron chi connectivity index (χ1n) is 7.62. The quantitative estimate of drug-likeness (QED) is 0.585. The second-order valence-electron chi connectivity index (χ2n) is 5.29. The molecule has 0 saturated heterocycles.